The highest BCUT2D eigenvalue weighted by Crippen LogP contribution is 2.35. The zero-order valence-electron chi connectivity index (χ0n) is 27.4. The molecule has 43 heavy (non-hydrogen) atoms. The number of amides is 2. The number of pyridine rings is 1. The van der Waals surface area contributed by atoms with Crippen LogP contribution in [0.2, 0.25) is 0 Å². The largest absolute Gasteiger partial charge is 0.491 e. The van der Waals surface area contributed by atoms with Crippen LogP contribution in [0.4, 0.5) is 10.5 Å². The quantitative estimate of drug-likeness (QED) is 0.339. The molecule has 1 saturated carbocycles. The summed E-state index contributed by atoms with van der Waals surface area (Å²) in [6, 6.07) is 6.01. The van der Waals surface area contributed by atoms with Crippen molar-refractivity contribution < 1.29 is 23.8 Å². The van der Waals surface area contributed by atoms with E-state index in [1.54, 1.807) is 18.1 Å². The standard InChI is InChI=1S/C33H50N4O6/c1-10-37(25-13-11-24(12-14-25)36(8)32(40)43-33(5,6)7)29-19-26(42-16-15-41-9)18-27(23(29)4)30(38)34-20-28-21(2)17-22(3)35-31(28)39/h17-19,24-25H,10-16,20H2,1-9H3,(H,34,38)(H,35,39). The summed E-state index contributed by atoms with van der Waals surface area (Å²) in [4.78, 5) is 45.6. The van der Waals surface area contributed by atoms with Gasteiger partial charge in [0.1, 0.15) is 18.0 Å². The van der Waals surface area contributed by atoms with Crippen LogP contribution in [-0.2, 0) is 16.0 Å². The number of carbonyl (C=O) groups is 2. The fourth-order valence-corrected chi connectivity index (χ4v) is 5.76. The molecule has 2 amide bonds. The Bertz CT molecular complexity index is 1320. The van der Waals surface area contributed by atoms with Crippen LogP contribution in [0.3, 0.4) is 0 Å². The first-order valence-corrected chi connectivity index (χ1v) is 15.2. The van der Waals surface area contributed by atoms with Crippen LogP contribution in [0.15, 0.2) is 23.0 Å². The van der Waals surface area contributed by atoms with Gasteiger partial charge in [0, 0.05) is 67.9 Å². The zero-order valence-corrected chi connectivity index (χ0v) is 27.4. The highest BCUT2D eigenvalue weighted by atomic mass is 16.6. The van der Waals surface area contributed by atoms with Gasteiger partial charge in [-0.3, -0.25) is 9.59 Å². The average Bonchev–Trinajstić information content (AvgIpc) is 2.93. The van der Waals surface area contributed by atoms with Gasteiger partial charge in [0.2, 0.25) is 0 Å². The van der Waals surface area contributed by atoms with Crippen LogP contribution in [0.5, 0.6) is 5.75 Å². The van der Waals surface area contributed by atoms with E-state index in [4.69, 9.17) is 14.2 Å². The maximum atomic E-state index is 13.6. The van der Waals surface area contributed by atoms with E-state index >= 15 is 0 Å². The summed E-state index contributed by atoms with van der Waals surface area (Å²) in [6.45, 7) is 15.1. The topological polar surface area (TPSA) is 113 Å². The highest BCUT2D eigenvalue weighted by Gasteiger charge is 2.32. The van der Waals surface area contributed by atoms with Crippen LogP contribution >= 0.6 is 0 Å². The molecule has 0 spiro atoms. The number of benzene rings is 1. The van der Waals surface area contributed by atoms with Crippen molar-refractivity contribution in [3.05, 3.63) is 56.5 Å². The summed E-state index contributed by atoms with van der Waals surface area (Å²) in [6.07, 6.45) is 3.22. The van der Waals surface area contributed by atoms with Crippen molar-refractivity contribution in [1.29, 1.82) is 0 Å². The first-order valence-electron chi connectivity index (χ1n) is 15.2. The van der Waals surface area contributed by atoms with Crippen molar-refractivity contribution in [2.24, 2.45) is 0 Å². The van der Waals surface area contributed by atoms with E-state index in [1.807, 2.05) is 60.7 Å². The minimum atomic E-state index is -0.534. The van der Waals surface area contributed by atoms with Gasteiger partial charge in [-0.2, -0.15) is 0 Å². The molecule has 2 aromatic rings. The second-order valence-corrected chi connectivity index (χ2v) is 12.4. The fraction of sp³-hybridized carbons (Fsp3) is 0.606. The predicted molar refractivity (Wildman–Crippen MR) is 169 cm³/mol. The Morgan fingerprint density at radius 3 is 2.26 bits per heavy atom. The molecule has 1 aromatic carbocycles. The molecule has 0 radical (unpaired) electrons. The second kappa shape index (κ2) is 14.8. The van der Waals surface area contributed by atoms with E-state index < -0.39 is 5.60 Å². The molecule has 0 atom stereocenters. The molecule has 1 aliphatic carbocycles. The third-order valence-corrected chi connectivity index (χ3v) is 8.06. The molecule has 0 unspecified atom stereocenters. The zero-order chi connectivity index (χ0) is 31.9. The van der Waals surface area contributed by atoms with E-state index in [-0.39, 0.29) is 36.2 Å². The Hall–Kier alpha value is -3.53. The van der Waals surface area contributed by atoms with Gasteiger partial charge in [0.25, 0.3) is 11.5 Å². The van der Waals surface area contributed by atoms with Gasteiger partial charge in [-0.05, 0) is 97.4 Å². The predicted octanol–water partition coefficient (Wildman–Crippen LogP) is 5.26. The molecule has 1 fully saturated rings. The molecule has 0 bridgehead atoms. The average molecular weight is 599 g/mol. The van der Waals surface area contributed by atoms with Crippen molar-refractivity contribution >= 4 is 17.7 Å². The first kappa shape index (κ1) is 34.0. The normalized spacial score (nSPS) is 16.9. The molecule has 1 aromatic heterocycles. The van der Waals surface area contributed by atoms with Crippen LogP contribution in [-0.4, -0.2) is 73.5 Å². The SMILES string of the molecule is CCN(c1cc(OCCOC)cc(C(=O)NCc2c(C)cc(C)[nH]c2=O)c1C)C1CCC(N(C)C(=O)OC(C)(C)C)CC1. The number of methoxy groups -OCH3 is 1. The van der Waals surface area contributed by atoms with Crippen molar-refractivity contribution in [3.8, 4) is 5.75 Å². The number of hydrogen-bond donors (Lipinski definition) is 2. The Balaban J connectivity index is 1.83. The lowest BCUT2D eigenvalue weighted by Gasteiger charge is -2.41. The maximum Gasteiger partial charge on any atom is 0.410 e. The van der Waals surface area contributed by atoms with Crippen molar-refractivity contribution in [1.82, 2.24) is 15.2 Å². The van der Waals surface area contributed by atoms with Gasteiger partial charge < -0.3 is 34.3 Å². The molecule has 238 valence electrons. The molecular weight excluding hydrogens is 548 g/mol. The summed E-state index contributed by atoms with van der Waals surface area (Å²) >= 11 is 0. The number of nitrogens with one attached hydrogen (secondary N) is 2. The van der Waals surface area contributed by atoms with E-state index in [9.17, 15) is 14.4 Å². The first-order chi connectivity index (χ1) is 20.2. The molecule has 10 nitrogen and oxygen atoms in total. The molecule has 10 heteroatoms. The lowest BCUT2D eigenvalue weighted by atomic mass is 9.88. The third-order valence-electron chi connectivity index (χ3n) is 8.06. The summed E-state index contributed by atoms with van der Waals surface area (Å²) in [7, 11) is 3.44. The molecule has 1 heterocycles. The molecular formula is C33H50N4O6. The number of H-pyrrole nitrogens is 1. The number of aromatic nitrogens is 1. The van der Waals surface area contributed by atoms with E-state index in [0.29, 0.717) is 30.1 Å². The summed E-state index contributed by atoms with van der Waals surface area (Å²) in [5.74, 6) is 0.318. The minimum Gasteiger partial charge on any atom is -0.491 e. The van der Waals surface area contributed by atoms with Crippen LogP contribution in [0.25, 0.3) is 0 Å². The van der Waals surface area contributed by atoms with Crippen LogP contribution in [0, 0.1) is 20.8 Å². The Morgan fingerprint density at radius 2 is 1.67 bits per heavy atom. The molecule has 0 saturated heterocycles. The maximum absolute atomic E-state index is 13.6. The third kappa shape index (κ3) is 8.98. The second-order valence-electron chi connectivity index (χ2n) is 12.4. The lowest BCUT2D eigenvalue weighted by molar-refractivity contribution is 0.0183. The highest BCUT2D eigenvalue weighted by molar-refractivity contribution is 5.97. The number of aryl methyl sites for hydroxylation is 2. The molecule has 3 rings (SSSR count). The number of anilines is 1. The monoisotopic (exact) mass is 598 g/mol. The molecule has 0 aliphatic heterocycles. The fourth-order valence-electron chi connectivity index (χ4n) is 5.76. The van der Waals surface area contributed by atoms with Gasteiger partial charge in [-0.25, -0.2) is 4.79 Å². The van der Waals surface area contributed by atoms with Crippen LogP contribution < -0.4 is 20.5 Å². The van der Waals surface area contributed by atoms with Gasteiger partial charge in [0.05, 0.1) is 6.61 Å². The summed E-state index contributed by atoms with van der Waals surface area (Å²) < 4.78 is 16.8. The number of rotatable bonds is 11. The van der Waals surface area contributed by atoms with Gasteiger partial charge in [0.15, 0.2) is 0 Å². The van der Waals surface area contributed by atoms with Crippen molar-refractivity contribution in [2.45, 2.75) is 98.4 Å². The Labute approximate surface area is 256 Å². The Kier molecular flexibility index (Phi) is 11.7. The number of carbonyl (C=O) groups excluding carboxylic acids is 2. The van der Waals surface area contributed by atoms with E-state index in [2.05, 4.69) is 22.1 Å². The van der Waals surface area contributed by atoms with Crippen molar-refractivity contribution in [3.63, 3.8) is 0 Å². The molecule has 2 N–H and O–H groups in total. The van der Waals surface area contributed by atoms with E-state index in [1.165, 1.54) is 0 Å². The van der Waals surface area contributed by atoms with Gasteiger partial charge in [-0.15, -0.1) is 0 Å². The number of hydrogen-bond acceptors (Lipinski definition) is 7. The van der Waals surface area contributed by atoms with Gasteiger partial charge >= 0.3 is 6.09 Å². The summed E-state index contributed by atoms with van der Waals surface area (Å²) in [5.41, 5.74) is 3.71. The minimum absolute atomic E-state index is 0.115. The van der Waals surface area contributed by atoms with E-state index in [0.717, 1.165) is 54.7 Å². The number of nitrogens with zero attached hydrogens (tertiary/aromatic N) is 2. The lowest BCUT2D eigenvalue weighted by Crippen LogP contribution is -2.46. The smallest absolute Gasteiger partial charge is 0.410 e. The van der Waals surface area contributed by atoms with Crippen LogP contribution in [0.1, 0.15) is 86.1 Å². The van der Waals surface area contributed by atoms with Gasteiger partial charge in [-0.1, -0.05) is 0 Å². The molecule has 1 aliphatic rings. The summed E-state index contributed by atoms with van der Waals surface area (Å²) in [5, 5.41) is 2.95. The van der Waals surface area contributed by atoms with Crippen molar-refractivity contribution in [2.75, 3.05) is 38.8 Å². The number of aromatic amines is 1. The number of ether oxygens (including phenoxy) is 3. The Morgan fingerprint density at radius 1 is 1.02 bits per heavy atom.